The Morgan fingerprint density at radius 2 is 1.96 bits per heavy atom. The quantitative estimate of drug-likeness (QED) is 0.824. The number of carbonyl (C=O) groups excluding carboxylic acids is 3. The zero-order valence-corrected chi connectivity index (χ0v) is 15.3. The lowest BCUT2D eigenvalue weighted by molar-refractivity contribution is -0.122. The van der Waals surface area contributed by atoms with E-state index in [1.165, 1.54) is 4.90 Å². The van der Waals surface area contributed by atoms with Gasteiger partial charge in [0.2, 0.25) is 0 Å². The molecule has 140 valence electrons. The Bertz CT molecular complexity index is 918. The molecule has 3 heterocycles. The van der Waals surface area contributed by atoms with Crippen LogP contribution in [0.15, 0.2) is 30.5 Å². The van der Waals surface area contributed by atoms with Gasteiger partial charge in [0.1, 0.15) is 6.04 Å². The summed E-state index contributed by atoms with van der Waals surface area (Å²) in [7, 11) is 0. The van der Waals surface area contributed by atoms with Gasteiger partial charge in [0.15, 0.2) is 0 Å². The average molecular weight is 367 g/mol. The maximum Gasteiger partial charge on any atom is 0.324 e. The van der Waals surface area contributed by atoms with Gasteiger partial charge in [-0.25, -0.2) is 9.48 Å². The van der Waals surface area contributed by atoms with Crippen LogP contribution in [0.25, 0.3) is 5.69 Å². The number of fused-ring (bicyclic) bond motifs is 1. The van der Waals surface area contributed by atoms with Crippen molar-refractivity contribution in [1.29, 1.82) is 0 Å². The summed E-state index contributed by atoms with van der Waals surface area (Å²) in [6.45, 7) is 4.96. The van der Waals surface area contributed by atoms with Gasteiger partial charge in [-0.1, -0.05) is 24.6 Å². The molecule has 1 N–H and O–H groups in total. The Morgan fingerprint density at radius 3 is 2.67 bits per heavy atom. The minimum atomic E-state index is -0.604. The van der Waals surface area contributed by atoms with Crippen molar-refractivity contribution in [2.45, 2.75) is 26.3 Å². The zero-order chi connectivity index (χ0) is 19.1. The number of imide groups is 1. The monoisotopic (exact) mass is 367 g/mol. The number of nitrogens with zero attached hydrogens (tertiary/aromatic N) is 4. The highest BCUT2D eigenvalue weighted by Gasteiger charge is 2.43. The van der Waals surface area contributed by atoms with E-state index in [0.717, 1.165) is 16.9 Å². The van der Waals surface area contributed by atoms with Crippen LogP contribution < -0.4 is 5.32 Å². The third-order valence-corrected chi connectivity index (χ3v) is 5.17. The van der Waals surface area contributed by atoms with E-state index in [1.807, 2.05) is 38.1 Å². The molecule has 2 saturated heterocycles. The first-order valence-corrected chi connectivity index (χ1v) is 9.04. The molecule has 0 unspecified atom stereocenters. The molecule has 4 amide bonds. The van der Waals surface area contributed by atoms with Crippen LogP contribution >= 0.6 is 0 Å². The molecule has 2 aliphatic heterocycles. The highest BCUT2D eigenvalue weighted by Crippen LogP contribution is 2.21. The van der Waals surface area contributed by atoms with Crippen molar-refractivity contribution in [3.63, 3.8) is 0 Å². The van der Waals surface area contributed by atoms with Gasteiger partial charge in [0.25, 0.3) is 11.8 Å². The third kappa shape index (κ3) is 2.87. The molecule has 0 bridgehead atoms. The molecule has 1 atom stereocenters. The molecule has 2 aromatic rings. The Morgan fingerprint density at radius 1 is 1.22 bits per heavy atom. The van der Waals surface area contributed by atoms with Crippen LogP contribution in [-0.4, -0.2) is 63.1 Å². The first-order chi connectivity index (χ1) is 13.0. The van der Waals surface area contributed by atoms with Crippen molar-refractivity contribution in [2.75, 3.05) is 19.6 Å². The van der Waals surface area contributed by atoms with Gasteiger partial charge in [-0.15, -0.1) is 0 Å². The third-order valence-electron chi connectivity index (χ3n) is 5.17. The summed E-state index contributed by atoms with van der Waals surface area (Å²) in [6, 6.07) is 6.98. The normalized spacial score (nSPS) is 19.3. The number of carbonyl (C=O) groups is 3. The lowest BCUT2D eigenvalue weighted by Gasteiger charge is -2.35. The van der Waals surface area contributed by atoms with E-state index >= 15 is 0 Å². The second-order valence-corrected chi connectivity index (χ2v) is 6.86. The summed E-state index contributed by atoms with van der Waals surface area (Å²) in [6.07, 6.45) is 2.24. The highest BCUT2D eigenvalue weighted by atomic mass is 16.2. The summed E-state index contributed by atoms with van der Waals surface area (Å²) in [5.41, 5.74) is 3.43. The Labute approximate surface area is 156 Å². The van der Waals surface area contributed by atoms with Crippen molar-refractivity contribution < 1.29 is 14.4 Å². The smallest absolute Gasteiger partial charge is 0.324 e. The fourth-order valence-electron chi connectivity index (χ4n) is 3.67. The lowest BCUT2D eigenvalue weighted by Crippen LogP contribution is -2.54. The minimum absolute atomic E-state index is 0.156. The molecule has 27 heavy (non-hydrogen) atoms. The SMILES string of the molecule is CCc1c(C(=O)N2CCN3C(=O)NC(=O)[C@@H]3C2)cnn1-c1ccc(C)cc1. The minimum Gasteiger partial charge on any atom is -0.334 e. The van der Waals surface area contributed by atoms with E-state index in [1.54, 1.807) is 15.8 Å². The average Bonchev–Trinajstić information content (AvgIpc) is 3.22. The van der Waals surface area contributed by atoms with Gasteiger partial charge in [-0.3, -0.25) is 14.9 Å². The lowest BCUT2D eigenvalue weighted by atomic mass is 10.1. The summed E-state index contributed by atoms with van der Waals surface area (Å²) in [4.78, 5) is 39.9. The molecule has 0 radical (unpaired) electrons. The standard InChI is InChI=1S/C19H21N5O3/c1-3-15-14(10-20-24(15)13-6-4-12(2)5-7-13)18(26)22-8-9-23-16(11-22)17(25)21-19(23)27/h4-7,10,16H,3,8-9,11H2,1-2H3,(H,21,25,27)/t16-/m0/s1. The van der Waals surface area contributed by atoms with Crippen LogP contribution in [0, 0.1) is 6.92 Å². The first-order valence-electron chi connectivity index (χ1n) is 9.04. The number of rotatable bonds is 3. The van der Waals surface area contributed by atoms with Crippen LogP contribution in [0.2, 0.25) is 0 Å². The number of amides is 4. The van der Waals surface area contributed by atoms with Crippen LogP contribution in [0.5, 0.6) is 0 Å². The molecule has 8 nitrogen and oxygen atoms in total. The fourth-order valence-corrected chi connectivity index (χ4v) is 3.67. The van der Waals surface area contributed by atoms with Crippen molar-refractivity contribution in [3.8, 4) is 5.69 Å². The molecule has 4 rings (SSSR count). The Kier molecular flexibility index (Phi) is 4.18. The van der Waals surface area contributed by atoms with Crippen LogP contribution in [0.3, 0.4) is 0 Å². The van der Waals surface area contributed by atoms with E-state index < -0.39 is 6.04 Å². The predicted octanol–water partition coefficient (Wildman–Crippen LogP) is 1.12. The fraction of sp³-hybridized carbons (Fsp3) is 0.368. The first kappa shape index (κ1) is 17.3. The second kappa shape index (κ2) is 6.53. The van der Waals surface area contributed by atoms with Gasteiger partial charge in [0.05, 0.1) is 29.7 Å². The van der Waals surface area contributed by atoms with Crippen LogP contribution in [-0.2, 0) is 11.2 Å². The number of aryl methyl sites for hydroxylation is 1. The zero-order valence-electron chi connectivity index (χ0n) is 15.3. The summed E-state index contributed by atoms with van der Waals surface area (Å²) in [5.74, 6) is -0.499. The van der Waals surface area contributed by atoms with E-state index in [4.69, 9.17) is 0 Å². The van der Waals surface area contributed by atoms with Gasteiger partial charge in [-0.2, -0.15) is 5.10 Å². The van der Waals surface area contributed by atoms with Gasteiger partial charge in [-0.05, 0) is 25.5 Å². The number of nitrogens with one attached hydrogen (secondary N) is 1. The van der Waals surface area contributed by atoms with Gasteiger partial charge >= 0.3 is 6.03 Å². The number of urea groups is 1. The molecule has 2 fully saturated rings. The molecule has 2 aliphatic rings. The van der Waals surface area contributed by atoms with E-state index in [2.05, 4.69) is 10.4 Å². The summed E-state index contributed by atoms with van der Waals surface area (Å²) >= 11 is 0. The molecule has 1 aromatic heterocycles. The van der Waals surface area contributed by atoms with Crippen molar-refractivity contribution >= 4 is 17.8 Å². The van der Waals surface area contributed by atoms with Crippen molar-refractivity contribution in [2.24, 2.45) is 0 Å². The van der Waals surface area contributed by atoms with Crippen LogP contribution in [0.1, 0.15) is 28.5 Å². The molecular weight excluding hydrogens is 346 g/mol. The summed E-state index contributed by atoms with van der Waals surface area (Å²) < 4.78 is 1.79. The van der Waals surface area contributed by atoms with E-state index in [0.29, 0.717) is 25.1 Å². The maximum absolute atomic E-state index is 13.1. The van der Waals surface area contributed by atoms with Gasteiger partial charge < -0.3 is 9.80 Å². The van der Waals surface area contributed by atoms with Gasteiger partial charge in [0, 0.05) is 13.1 Å². The number of hydrogen-bond acceptors (Lipinski definition) is 4. The summed E-state index contributed by atoms with van der Waals surface area (Å²) in [5, 5.41) is 6.73. The Hall–Kier alpha value is -3.16. The Balaban J connectivity index is 1.60. The molecule has 0 spiro atoms. The van der Waals surface area contributed by atoms with E-state index in [9.17, 15) is 14.4 Å². The number of piperazine rings is 1. The van der Waals surface area contributed by atoms with E-state index in [-0.39, 0.29) is 24.4 Å². The molecule has 8 heteroatoms. The van der Waals surface area contributed by atoms with Crippen molar-refractivity contribution in [1.82, 2.24) is 24.9 Å². The molecule has 0 saturated carbocycles. The second-order valence-electron chi connectivity index (χ2n) is 6.86. The predicted molar refractivity (Wildman–Crippen MR) is 97.6 cm³/mol. The van der Waals surface area contributed by atoms with Crippen molar-refractivity contribution in [3.05, 3.63) is 47.3 Å². The maximum atomic E-state index is 13.1. The largest absolute Gasteiger partial charge is 0.334 e. The molecular formula is C19H21N5O3. The molecule has 1 aromatic carbocycles. The number of benzene rings is 1. The number of hydrogen-bond donors (Lipinski definition) is 1. The number of aromatic nitrogens is 2. The van der Waals surface area contributed by atoms with Crippen LogP contribution in [0.4, 0.5) is 4.79 Å². The molecule has 0 aliphatic carbocycles. The highest BCUT2D eigenvalue weighted by molar-refractivity contribution is 6.05. The topological polar surface area (TPSA) is 87.5 Å².